The zero-order chi connectivity index (χ0) is 12.4. The molecule has 1 aromatic carbocycles. The van der Waals surface area contributed by atoms with Gasteiger partial charge in [-0.3, -0.25) is 0 Å². The van der Waals surface area contributed by atoms with Gasteiger partial charge in [0.25, 0.3) is 0 Å². The van der Waals surface area contributed by atoms with E-state index in [-0.39, 0.29) is 5.82 Å². The summed E-state index contributed by atoms with van der Waals surface area (Å²) in [7, 11) is 0. The van der Waals surface area contributed by atoms with Crippen LogP contribution < -0.4 is 11.1 Å². The minimum Gasteiger partial charge on any atom is -0.383 e. The van der Waals surface area contributed by atoms with Crippen LogP contribution in [0, 0.1) is 19.7 Å². The van der Waals surface area contributed by atoms with E-state index in [1.807, 2.05) is 6.92 Å². The maximum absolute atomic E-state index is 13.4. The molecule has 5 heteroatoms. The molecule has 0 aliphatic rings. The predicted molar refractivity (Wildman–Crippen MR) is 65.6 cm³/mol. The van der Waals surface area contributed by atoms with Crippen molar-refractivity contribution in [2.24, 2.45) is 0 Å². The third kappa shape index (κ3) is 2.18. The van der Waals surface area contributed by atoms with Gasteiger partial charge in [0.15, 0.2) is 0 Å². The fourth-order valence-corrected chi connectivity index (χ4v) is 1.46. The molecule has 0 unspecified atom stereocenters. The summed E-state index contributed by atoms with van der Waals surface area (Å²) in [5.74, 6) is 0.748. The van der Waals surface area contributed by atoms with E-state index < -0.39 is 0 Å². The van der Waals surface area contributed by atoms with Gasteiger partial charge < -0.3 is 11.1 Å². The lowest BCUT2D eigenvalue weighted by atomic mass is 10.2. The number of rotatable bonds is 2. The maximum Gasteiger partial charge on any atom is 0.138 e. The number of hydrogen-bond donors (Lipinski definition) is 2. The van der Waals surface area contributed by atoms with Crippen molar-refractivity contribution in [3.63, 3.8) is 0 Å². The molecule has 1 heterocycles. The summed E-state index contributed by atoms with van der Waals surface area (Å²) < 4.78 is 13.4. The second-order valence-corrected chi connectivity index (χ2v) is 3.77. The van der Waals surface area contributed by atoms with Crippen LogP contribution in [0.4, 0.5) is 21.7 Å². The summed E-state index contributed by atoms with van der Waals surface area (Å²) in [6.07, 6.45) is 1.37. The maximum atomic E-state index is 13.4. The van der Waals surface area contributed by atoms with Crippen molar-refractivity contribution in [3.8, 4) is 0 Å². The van der Waals surface area contributed by atoms with E-state index >= 15 is 0 Å². The van der Waals surface area contributed by atoms with E-state index in [1.165, 1.54) is 12.4 Å². The molecular weight excluding hydrogens is 219 g/mol. The third-order valence-electron chi connectivity index (χ3n) is 2.64. The number of nitrogens with one attached hydrogen (secondary N) is 1. The first-order valence-electron chi connectivity index (χ1n) is 5.19. The first kappa shape index (κ1) is 11.3. The molecule has 0 fully saturated rings. The number of nitrogens with two attached hydrogens (primary N) is 1. The molecule has 2 rings (SSSR count). The minimum absolute atomic E-state index is 0.255. The number of aromatic nitrogens is 2. The van der Waals surface area contributed by atoms with Crippen molar-refractivity contribution in [2.45, 2.75) is 13.8 Å². The quantitative estimate of drug-likeness (QED) is 0.835. The van der Waals surface area contributed by atoms with Crippen molar-refractivity contribution in [1.29, 1.82) is 0 Å². The number of hydrogen-bond acceptors (Lipinski definition) is 4. The molecule has 0 radical (unpaired) electrons. The van der Waals surface area contributed by atoms with Gasteiger partial charge in [0.05, 0.1) is 0 Å². The molecule has 0 amide bonds. The van der Waals surface area contributed by atoms with E-state index in [9.17, 15) is 4.39 Å². The molecule has 3 N–H and O–H groups in total. The normalized spacial score (nSPS) is 10.3. The Labute approximate surface area is 98.7 Å². The van der Waals surface area contributed by atoms with Crippen molar-refractivity contribution in [1.82, 2.24) is 9.97 Å². The van der Waals surface area contributed by atoms with Gasteiger partial charge in [0, 0.05) is 16.8 Å². The Morgan fingerprint density at radius 2 is 1.94 bits per heavy atom. The summed E-state index contributed by atoms with van der Waals surface area (Å²) in [5, 5.41) is 3.05. The average Bonchev–Trinajstić information content (AvgIpc) is 2.31. The molecule has 17 heavy (non-hydrogen) atoms. The first-order chi connectivity index (χ1) is 8.09. The first-order valence-corrected chi connectivity index (χ1v) is 5.19. The Morgan fingerprint density at radius 1 is 1.18 bits per heavy atom. The Bertz CT molecular complexity index is 505. The highest BCUT2D eigenvalue weighted by molar-refractivity contribution is 5.65. The van der Waals surface area contributed by atoms with Crippen LogP contribution in [0.1, 0.15) is 11.1 Å². The van der Waals surface area contributed by atoms with Crippen LogP contribution in [0.5, 0.6) is 0 Å². The number of nitrogen functional groups attached to an aromatic ring is 1. The molecule has 2 aromatic rings. The second kappa shape index (κ2) is 4.37. The fourth-order valence-electron chi connectivity index (χ4n) is 1.46. The van der Waals surface area contributed by atoms with E-state index in [4.69, 9.17) is 5.73 Å². The second-order valence-electron chi connectivity index (χ2n) is 3.77. The largest absolute Gasteiger partial charge is 0.383 e. The van der Waals surface area contributed by atoms with Gasteiger partial charge in [0.1, 0.15) is 23.8 Å². The van der Waals surface area contributed by atoms with Gasteiger partial charge in [-0.15, -0.1) is 0 Å². The van der Waals surface area contributed by atoms with Gasteiger partial charge in [-0.1, -0.05) is 6.07 Å². The van der Waals surface area contributed by atoms with Crippen molar-refractivity contribution < 1.29 is 4.39 Å². The molecule has 0 saturated carbocycles. The molecular formula is C12H13FN4. The van der Waals surface area contributed by atoms with Crippen LogP contribution in [0.15, 0.2) is 24.5 Å². The summed E-state index contributed by atoms with van der Waals surface area (Å²) in [6.45, 7) is 3.52. The number of benzene rings is 1. The van der Waals surface area contributed by atoms with Gasteiger partial charge in [-0.25, -0.2) is 14.4 Å². The lowest BCUT2D eigenvalue weighted by Crippen LogP contribution is -2.03. The summed E-state index contributed by atoms with van der Waals surface area (Å²) in [4.78, 5) is 7.95. The highest BCUT2D eigenvalue weighted by Crippen LogP contribution is 2.24. The Morgan fingerprint density at radius 3 is 2.71 bits per heavy atom. The summed E-state index contributed by atoms with van der Waals surface area (Å²) in [6, 6.07) is 4.85. The van der Waals surface area contributed by atoms with Crippen LogP contribution >= 0.6 is 0 Å². The van der Waals surface area contributed by atoms with Crippen LogP contribution in [-0.4, -0.2) is 9.97 Å². The Balaban J connectivity index is 2.38. The number of nitrogens with zero attached hydrogens (tertiary/aromatic N) is 2. The molecule has 88 valence electrons. The lowest BCUT2D eigenvalue weighted by Gasteiger charge is -2.11. The zero-order valence-corrected chi connectivity index (χ0v) is 9.66. The van der Waals surface area contributed by atoms with Crippen LogP contribution in [0.2, 0.25) is 0 Å². The molecule has 0 spiro atoms. The van der Waals surface area contributed by atoms with E-state index in [2.05, 4.69) is 15.3 Å². The number of halogens is 1. The third-order valence-corrected chi connectivity index (χ3v) is 2.64. The molecule has 0 atom stereocenters. The van der Waals surface area contributed by atoms with Crippen LogP contribution in [0.3, 0.4) is 0 Å². The Hall–Kier alpha value is -2.17. The molecule has 0 bridgehead atoms. The topological polar surface area (TPSA) is 63.8 Å². The smallest absolute Gasteiger partial charge is 0.138 e. The summed E-state index contributed by atoms with van der Waals surface area (Å²) in [5.41, 5.74) is 7.64. The van der Waals surface area contributed by atoms with Crippen LogP contribution in [-0.2, 0) is 0 Å². The standard InChI is InChI=1S/C12H13FN4/c1-7-9(13)4-3-5-10(7)17-12-8(2)11(14)15-6-16-12/h3-6H,1-2H3,(H3,14,15,16,17). The number of anilines is 3. The lowest BCUT2D eigenvalue weighted by molar-refractivity contribution is 0.619. The highest BCUT2D eigenvalue weighted by Gasteiger charge is 2.07. The fraction of sp³-hybridized carbons (Fsp3) is 0.167. The van der Waals surface area contributed by atoms with Crippen molar-refractivity contribution in [2.75, 3.05) is 11.1 Å². The SMILES string of the molecule is Cc1c(F)cccc1Nc1ncnc(N)c1C. The molecule has 0 aliphatic heterocycles. The van der Waals surface area contributed by atoms with Crippen molar-refractivity contribution in [3.05, 3.63) is 41.5 Å². The van der Waals surface area contributed by atoms with Gasteiger partial charge in [-0.05, 0) is 26.0 Å². The molecule has 0 saturated heterocycles. The highest BCUT2D eigenvalue weighted by atomic mass is 19.1. The molecule has 1 aromatic heterocycles. The van der Waals surface area contributed by atoms with E-state index in [0.717, 1.165) is 5.56 Å². The van der Waals surface area contributed by atoms with Gasteiger partial charge in [0.2, 0.25) is 0 Å². The summed E-state index contributed by atoms with van der Waals surface area (Å²) >= 11 is 0. The van der Waals surface area contributed by atoms with Gasteiger partial charge >= 0.3 is 0 Å². The minimum atomic E-state index is -0.255. The average molecular weight is 232 g/mol. The zero-order valence-electron chi connectivity index (χ0n) is 9.66. The molecule has 4 nitrogen and oxygen atoms in total. The monoisotopic (exact) mass is 232 g/mol. The Kier molecular flexibility index (Phi) is 2.91. The van der Waals surface area contributed by atoms with Crippen molar-refractivity contribution >= 4 is 17.3 Å². The predicted octanol–water partition coefficient (Wildman–Crippen LogP) is 2.56. The van der Waals surface area contributed by atoms with E-state index in [1.54, 1.807) is 19.1 Å². The van der Waals surface area contributed by atoms with E-state index in [0.29, 0.717) is 22.9 Å². The molecule has 0 aliphatic carbocycles. The van der Waals surface area contributed by atoms with Gasteiger partial charge in [-0.2, -0.15) is 0 Å². The van der Waals surface area contributed by atoms with Crippen LogP contribution in [0.25, 0.3) is 0 Å².